The van der Waals surface area contributed by atoms with Crippen LogP contribution in [0.4, 0.5) is 0 Å². The smallest absolute Gasteiger partial charge is 0.161 e. The summed E-state index contributed by atoms with van der Waals surface area (Å²) in [6, 6.07) is 13.0. The van der Waals surface area contributed by atoms with Crippen molar-refractivity contribution in [1.82, 2.24) is 5.32 Å². The van der Waals surface area contributed by atoms with E-state index in [2.05, 4.69) is 41.7 Å². The fourth-order valence-electron chi connectivity index (χ4n) is 2.72. The molecular formula is C17H19NO2S. The number of hydrogen-bond donors (Lipinski definition) is 1. The fourth-order valence-corrected chi connectivity index (χ4v) is 3.88. The Hall–Kier alpha value is -1.65. The van der Waals surface area contributed by atoms with E-state index < -0.39 is 0 Å². The zero-order chi connectivity index (χ0) is 14.8. The Morgan fingerprint density at radius 2 is 1.76 bits per heavy atom. The number of methoxy groups -OCH3 is 2. The maximum Gasteiger partial charge on any atom is 0.161 e. The minimum absolute atomic E-state index is 0.313. The molecule has 110 valence electrons. The molecule has 1 aliphatic rings. The molecule has 2 aromatic rings. The van der Waals surface area contributed by atoms with Crippen molar-refractivity contribution in [1.29, 1.82) is 0 Å². The number of likely N-dealkylation sites (N-methyl/N-ethyl adjacent to an activating group) is 1. The first-order valence-corrected chi connectivity index (χ1v) is 7.77. The molecule has 0 aliphatic carbocycles. The topological polar surface area (TPSA) is 30.5 Å². The second kappa shape index (κ2) is 6.00. The van der Waals surface area contributed by atoms with Crippen LogP contribution in [0.3, 0.4) is 0 Å². The van der Waals surface area contributed by atoms with E-state index in [9.17, 15) is 0 Å². The Morgan fingerprint density at radius 3 is 2.48 bits per heavy atom. The zero-order valence-corrected chi connectivity index (χ0v) is 13.3. The lowest BCUT2D eigenvalue weighted by Gasteiger charge is -2.17. The summed E-state index contributed by atoms with van der Waals surface area (Å²) in [6.45, 7) is 0. The second-order valence-corrected chi connectivity index (χ2v) is 6.08. The lowest BCUT2D eigenvalue weighted by Crippen LogP contribution is -2.18. The third-order valence-electron chi connectivity index (χ3n) is 3.85. The van der Waals surface area contributed by atoms with Gasteiger partial charge < -0.3 is 14.8 Å². The van der Waals surface area contributed by atoms with E-state index >= 15 is 0 Å². The first-order valence-electron chi connectivity index (χ1n) is 6.95. The van der Waals surface area contributed by atoms with E-state index in [1.54, 1.807) is 26.0 Å². The van der Waals surface area contributed by atoms with Crippen molar-refractivity contribution in [2.75, 3.05) is 21.3 Å². The van der Waals surface area contributed by atoms with Gasteiger partial charge in [0.15, 0.2) is 11.5 Å². The molecule has 3 nitrogen and oxygen atoms in total. The van der Waals surface area contributed by atoms with Gasteiger partial charge in [-0.3, -0.25) is 0 Å². The molecule has 0 aromatic heterocycles. The average molecular weight is 301 g/mol. The van der Waals surface area contributed by atoms with Crippen LogP contribution in [0.5, 0.6) is 11.5 Å². The van der Waals surface area contributed by atoms with Crippen LogP contribution in [0.1, 0.15) is 17.2 Å². The largest absolute Gasteiger partial charge is 0.493 e. The summed E-state index contributed by atoms with van der Waals surface area (Å²) < 4.78 is 10.9. The minimum Gasteiger partial charge on any atom is -0.493 e. The first-order chi connectivity index (χ1) is 10.3. The summed E-state index contributed by atoms with van der Waals surface area (Å²) in [5.41, 5.74) is 2.63. The van der Waals surface area contributed by atoms with Crippen molar-refractivity contribution in [2.45, 2.75) is 22.3 Å². The Bertz CT molecular complexity index is 657. The van der Waals surface area contributed by atoms with Crippen molar-refractivity contribution in [2.24, 2.45) is 0 Å². The van der Waals surface area contributed by atoms with Gasteiger partial charge in [-0.25, -0.2) is 0 Å². The lowest BCUT2D eigenvalue weighted by molar-refractivity contribution is 0.353. The third-order valence-corrected chi connectivity index (χ3v) is 5.05. The van der Waals surface area contributed by atoms with Crippen LogP contribution >= 0.6 is 11.8 Å². The summed E-state index contributed by atoms with van der Waals surface area (Å²) in [4.78, 5) is 2.53. The SMILES string of the molecule is CN[C@H]1Cc2cc(OC)c(OC)cc2Sc2ccccc21. The minimum atomic E-state index is 0.313. The normalized spacial score (nSPS) is 16.6. The van der Waals surface area contributed by atoms with Crippen molar-refractivity contribution < 1.29 is 9.47 Å². The molecule has 1 atom stereocenters. The van der Waals surface area contributed by atoms with Gasteiger partial charge >= 0.3 is 0 Å². The Kier molecular flexibility index (Phi) is 4.08. The van der Waals surface area contributed by atoms with Gasteiger partial charge in [-0.1, -0.05) is 30.0 Å². The molecule has 0 saturated heterocycles. The zero-order valence-electron chi connectivity index (χ0n) is 12.5. The molecule has 0 amide bonds. The maximum atomic E-state index is 5.43. The van der Waals surface area contributed by atoms with E-state index in [4.69, 9.17) is 9.47 Å². The molecule has 1 aliphatic heterocycles. The number of benzene rings is 2. The van der Waals surface area contributed by atoms with Gasteiger partial charge in [0.2, 0.25) is 0 Å². The van der Waals surface area contributed by atoms with Gasteiger partial charge in [-0.15, -0.1) is 0 Å². The van der Waals surface area contributed by atoms with Crippen LogP contribution in [-0.4, -0.2) is 21.3 Å². The van der Waals surface area contributed by atoms with Gasteiger partial charge in [-0.05, 0) is 42.8 Å². The van der Waals surface area contributed by atoms with Crippen molar-refractivity contribution in [3.63, 3.8) is 0 Å². The average Bonchev–Trinajstić information content (AvgIpc) is 2.69. The predicted octanol–water partition coefficient (Wildman–Crippen LogP) is 3.67. The van der Waals surface area contributed by atoms with E-state index in [1.165, 1.54) is 20.9 Å². The summed E-state index contributed by atoms with van der Waals surface area (Å²) in [5.74, 6) is 1.57. The highest BCUT2D eigenvalue weighted by Gasteiger charge is 2.23. The molecular weight excluding hydrogens is 282 g/mol. The standard InChI is InChI=1S/C17H19NO2S/c1-18-13-8-11-9-14(19-2)15(20-3)10-17(11)21-16-7-5-4-6-12(13)16/h4-7,9-10,13,18H,8H2,1-3H3/t13-/m0/s1. The Labute approximate surface area is 129 Å². The van der Waals surface area contributed by atoms with Crippen LogP contribution < -0.4 is 14.8 Å². The molecule has 0 spiro atoms. The second-order valence-electron chi connectivity index (χ2n) is 5.00. The lowest BCUT2D eigenvalue weighted by atomic mass is 9.99. The number of fused-ring (bicyclic) bond motifs is 2. The van der Waals surface area contributed by atoms with Gasteiger partial charge in [0.05, 0.1) is 14.2 Å². The number of nitrogens with one attached hydrogen (secondary N) is 1. The summed E-state index contributed by atoms with van der Waals surface area (Å²) >= 11 is 1.80. The van der Waals surface area contributed by atoms with Gasteiger partial charge in [0.25, 0.3) is 0 Å². The van der Waals surface area contributed by atoms with Crippen LogP contribution in [0, 0.1) is 0 Å². The van der Waals surface area contributed by atoms with Crippen LogP contribution in [0.25, 0.3) is 0 Å². The monoisotopic (exact) mass is 301 g/mol. The molecule has 4 heteroatoms. The molecule has 3 rings (SSSR count). The molecule has 0 radical (unpaired) electrons. The first kappa shape index (κ1) is 14.3. The molecule has 0 bridgehead atoms. The summed E-state index contributed by atoms with van der Waals surface area (Å²) in [7, 11) is 5.37. The van der Waals surface area contributed by atoms with Crippen LogP contribution in [0.15, 0.2) is 46.2 Å². The Balaban J connectivity index is 2.12. The molecule has 21 heavy (non-hydrogen) atoms. The van der Waals surface area contributed by atoms with Gasteiger partial charge in [0, 0.05) is 15.8 Å². The van der Waals surface area contributed by atoms with E-state index in [0.29, 0.717) is 6.04 Å². The maximum absolute atomic E-state index is 5.43. The van der Waals surface area contributed by atoms with Crippen molar-refractivity contribution in [3.8, 4) is 11.5 Å². The number of hydrogen-bond acceptors (Lipinski definition) is 4. The Morgan fingerprint density at radius 1 is 1.05 bits per heavy atom. The van der Waals surface area contributed by atoms with E-state index in [1.807, 2.05) is 7.05 Å². The molecule has 0 fully saturated rings. The highest BCUT2D eigenvalue weighted by molar-refractivity contribution is 7.99. The van der Waals surface area contributed by atoms with E-state index in [0.717, 1.165) is 17.9 Å². The van der Waals surface area contributed by atoms with Crippen molar-refractivity contribution in [3.05, 3.63) is 47.5 Å². The molecule has 1 N–H and O–H groups in total. The van der Waals surface area contributed by atoms with Crippen molar-refractivity contribution >= 4 is 11.8 Å². The van der Waals surface area contributed by atoms with Crippen LogP contribution in [0.2, 0.25) is 0 Å². The molecule has 0 saturated carbocycles. The highest BCUT2D eigenvalue weighted by atomic mass is 32.2. The van der Waals surface area contributed by atoms with E-state index in [-0.39, 0.29) is 0 Å². The molecule has 2 aromatic carbocycles. The van der Waals surface area contributed by atoms with Gasteiger partial charge in [0.1, 0.15) is 0 Å². The predicted molar refractivity (Wildman–Crippen MR) is 85.6 cm³/mol. The summed E-state index contributed by atoms with van der Waals surface area (Å²) in [5, 5.41) is 3.42. The quantitative estimate of drug-likeness (QED) is 0.937. The number of rotatable bonds is 3. The highest BCUT2D eigenvalue weighted by Crippen LogP contribution is 2.44. The number of ether oxygens (including phenoxy) is 2. The fraction of sp³-hybridized carbons (Fsp3) is 0.294. The van der Waals surface area contributed by atoms with Gasteiger partial charge in [-0.2, -0.15) is 0 Å². The molecule has 1 heterocycles. The third kappa shape index (κ3) is 2.61. The van der Waals surface area contributed by atoms with Crippen LogP contribution in [-0.2, 0) is 6.42 Å². The summed E-state index contributed by atoms with van der Waals surface area (Å²) in [6.07, 6.45) is 0.941. The molecule has 0 unspecified atom stereocenters.